The molecule has 0 N–H and O–H groups in total. The van der Waals surface area contributed by atoms with E-state index in [1.165, 1.54) is 6.20 Å². The summed E-state index contributed by atoms with van der Waals surface area (Å²) in [5, 5.41) is 0.896. The van der Waals surface area contributed by atoms with Crippen molar-refractivity contribution >= 4 is 45.1 Å². The summed E-state index contributed by atoms with van der Waals surface area (Å²) in [5.74, 6) is -0.445. The number of rotatable bonds is 3. The van der Waals surface area contributed by atoms with E-state index in [0.717, 1.165) is 10.0 Å². The Kier molecular flexibility index (Phi) is 4.80. The van der Waals surface area contributed by atoms with Crippen LogP contribution in [0.5, 0.6) is 0 Å². The molecule has 0 unspecified atom stereocenters. The van der Waals surface area contributed by atoms with Crippen LogP contribution in [0.15, 0.2) is 41.1 Å². The number of benzene rings is 1. The van der Waals surface area contributed by atoms with Crippen LogP contribution >= 0.6 is 39.1 Å². The second-order valence-electron chi connectivity index (χ2n) is 3.72. The van der Waals surface area contributed by atoms with Crippen molar-refractivity contribution in [1.82, 2.24) is 4.98 Å². The first-order chi connectivity index (χ1) is 9.06. The van der Waals surface area contributed by atoms with Crippen LogP contribution in [0.4, 0.5) is 0 Å². The SMILES string of the molecule is O=C(OCc1ccc(Cl)c(Cl)c1)c1cncc(Br)c1. The van der Waals surface area contributed by atoms with Gasteiger partial charge in [0, 0.05) is 16.9 Å². The monoisotopic (exact) mass is 359 g/mol. The maximum absolute atomic E-state index is 11.8. The molecule has 0 spiro atoms. The predicted molar refractivity (Wildman–Crippen MR) is 77.5 cm³/mol. The molecule has 2 rings (SSSR count). The molecule has 19 heavy (non-hydrogen) atoms. The Morgan fingerprint density at radius 3 is 2.68 bits per heavy atom. The van der Waals surface area contributed by atoms with Gasteiger partial charge in [-0.1, -0.05) is 29.3 Å². The maximum Gasteiger partial charge on any atom is 0.340 e. The van der Waals surface area contributed by atoms with Gasteiger partial charge in [-0.15, -0.1) is 0 Å². The minimum atomic E-state index is -0.445. The first kappa shape index (κ1) is 14.3. The van der Waals surface area contributed by atoms with Crippen LogP contribution in [0.2, 0.25) is 10.0 Å². The number of esters is 1. The molecule has 0 bridgehead atoms. The summed E-state index contributed by atoms with van der Waals surface area (Å²) in [4.78, 5) is 15.7. The molecule has 0 fully saturated rings. The first-order valence-electron chi connectivity index (χ1n) is 5.28. The molecule has 0 aliphatic carbocycles. The maximum atomic E-state index is 11.8. The number of halogens is 3. The number of hydrogen-bond acceptors (Lipinski definition) is 3. The fourth-order valence-electron chi connectivity index (χ4n) is 1.39. The van der Waals surface area contributed by atoms with Crippen molar-refractivity contribution in [1.29, 1.82) is 0 Å². The summed E-state index contributed by atoms with van der Waals surface area (Å²) in [5.41, 5.74) is 1.15. The number of pyridine rings is 1. The van der Waals surface area contributed by atoms with Gasteiger partial charge in [-0.05, 0) is 39.7 Å². The number of nitrogens with zero attached hydrogens (tertiary/aromatic N) is 1. The molecule has 3 nitrogen and oxygen atoms in total. The van der Waals surface area contributed by atoms with Gasteiger partial charge in [0.2, 0.25) is 0 Å². The molecule has 1 aromatic carbocycles. The van der Waals surface area contributed by atoms with Gasteiger partial charge in [0.1, 0.15) is 6.61 Å². The molecule has 0 radical (unpaired) electrons. The number of carbonyl (C=O) groups excluding carboxylic acids is 1. The van der Waals surface area contributed by atoms with E-state index in [0.29, 0.717) is 15.6 Å². The van der Waals surface area contributed by atoms with E-state index in [1.807, 2.05) is 0 Å². The summed E-state index contributed by atoms with van der Waals surface area (Å²) in [6.07, 6.45) is 3.04. The highest BCUT2D eigenvalue weighted by atomic mass is 79.9. The van der Waals surface area contributed by atoms with E-state index in [4.69, 9.17) is 27.9 Å². The zero-order valence-electron chi connectivity index (χ0n) is 9.57. The van der Waals surface area contributed by atoms with Gasteiger partial charge in [0.05, 0.1) is 15.6 Å². The highest BCUT2D eigenvalue weighted by molar-refractivity contribution is 9.10. The van der Waals surface area contributed by atoms with Gasteiger partial charge in [-0.25, -0.2) is 4.79 Å². The van der Waals surface area contributed by atoms with E-state index >= 15 is 0 Å². The third-order valence-corrected chi connectivity index (χ3v) is 3.47. The Labute approximate surface area is 128 Å². The Morgan fingerprint density at radius 1 is 1.21 bits per heavy atom. The Morgan fingerprint density at radius 2 is 2.00 bits per heavy atom. The third kappa shape index (κ3) is 3.93. The molecular weight excluding hydrogens is 353 g/mol. The number of aromatic nitrogens is 1. The van der Waals surface area contributed by atoms with Crippen molar-refractivity contribution < 1.29 is 9.53 Å². The van der Waals surface area contributed by atoms with Gasteiger partial charge in [-0.2, -0.15) is 0 Å². The summed E-state index contributed by atoms with van der Waals surface area (Å²) >= 11 is 14.9. The number of hydrogen-bond donors (Lipinski definition) is 0. The molecule has 0 aliphatic rings. The predicted octanol–water partition coefficient (Wildman–Crippen LogP) is 4.51. The molecule has 0 amide bonds. The van der Waals surface area contributed by atoms with Crippen LogP contribution in [-0.2, 0) is 11.3 Å². The zero-order valence-corrected chi connectivity index (χ0v) is 12.7. The molecule has 1 aromatic heterocycles. The van der Waals surface area contributed by atoms with Gasteiger partial charge in [0.25, 0.3) is 0 Å². The number of ether oxygens (including phenoxy) is 1. The van der Waals surface area contributed by atoms with E-state index in [9.17, 15) is 4.79 Å². The second kappa shape index (κ2) is 6.37. The standard InChI is InChI=1S/C13H8BrCl2NO2/c14-10-4-9(5-17-6-10)13(18)19-7-8-1-2-11(15)12(16)3-8/h1-6H,7H2. The van der Waals surface area contributed by atoms with Crippen LogP contribution in [0.1, 0.15) is 15.9 Å². The van der Waals surface area contributed by atoms with Gasteiger partial charge in [-0.3, -0.25) is 4.98 Å². The second-order valence-corrected chi connectivity index (χ2v) is 5.45. The van der Waals surface area contributed by atoms with Gasteiger partial charge in [0.15, 0.2) is 0 Å². The lowest BCUT2D eigenvalue weighted by Gasteiger charge is -2.06. The van der Waals surface area contributed by atoms with Crippen LogP contribution in [0.25, 0.3) is 0 Å². The minimum Gasteiger partial charge on any atom is -0.457 e. The van der Waals surface area contributed by atoms with Gasteiger partial charge >= 0.3 is 5.97 Å². The lowest BCUT2D eigenvalue weighted by Crippen LogP contribution is -2.05. The Balaban J connectivity index is 2.02. The molecule has 2 aromatic rings. The van der Waals surface area contributed by atoms with E-state index in [1.54, 1.807) is 30.5 Å². The summed E-state index contributed by atoms with van der Waals surface area (Å²) in [6.45, 7) is 0.127. The Bertz CT molecular complexity index is 619. The van der Waals surface area contributed by atoms with Gasteiger partial charge < -0.3 is 4.74 Å². The molecule has 0 saturated heterocycles. The highest BCUT2D eigenvalue weighted by Gasteiger charge is 2.09. The average Bonchev–Trinajstić information content (AvgIpc) is 2.40. The molecule has 0 atom stereocenters. The number of carbonyl (C=O) groups is 1. The quantitative estimate of drug-likeness (QED) is 0.756. The highest BCUT2D eigenvalue weighted by Crippen LogP contribution is 2.23. The lowest BCUT2D eigenvalue weighted by molar-refractivity contribution is 0.0472. The van der Waals surface area contributed by atoms with Crippen LogP contribution in [0.3, 0.4) is 0 Å². The van der Waals surface area contributed by atoms with Crippen molar-refractivity contribution in [3.8, 4) is 0 Å². The van der Waals surface area contributed by atoms with Crippen molar-refractivity contribution in [3.05, 3.63) is 62.3 Å². The largest absolute Gasteiger partial charge is 0.457 e. The lowest BCUT2D eigenvalue weighted by atomic mass is 10.2. The van der Waals surface area contributed by atoms with Crippen LogP contribution in [0, 0.1) is 0 Å². The molecular formula is C13H8BrCl2NO2. The molecule has 98 valence electrons. The van der Waals surface area contributed by atoms with Crippen molar-refractivity contribution in [2.75, 3.05) is 0 Å². The summed E-state index contributed by atoms with van der Waals surface area (Å²) < 4.78 is 5.88. The summed E-state index contributed by atoms with van der Waals surface area (Å²) in [6, 6.07) is 6.72. The minimum absolute atomic E-state index is 0.127. The first-order valence-corrected chi connectivity index (χ1v) is 6.83. The van der Waals surface area contributed by atoms with E-state index < -0.39 is 5.97 Å². The summed E-state index contributed by atoms with van der Waals surface area (Å²) in [7, 11) is 0. The molecule has 0 saturated carbocycles. The average molecular weight is 361 g/mol. The molecule has 1 heterocycles. The van der Waals surface area contributed by atoms with E-state index in [-0.39, 0.29) is 6.61 Å². The molecule has 6 heteroatoms. The zero-order chi connectivity index (χ0) is 13.8. The van der Waals surface area contributed by atoms with Crippen molar-refractivity contribution in [2.24, 2.45) is 0 Å². The van der Waals surface area contributed by atoms with Crippen molar-refractivity contribution in [3.63, 3.8) is 0 Å². The smallest absolute Gasteiger partial charge is 0.340 e. The van der Waals surface area contributed by atoms with Crippen molar-refractivity contribution in [2.45, 2.75) is 6.61 Å². The fraction of sp³-hybridized carbons (Fsp3) is 0.0769. The Hall–Kier alpha value is -1.10. The van der Waals surface area contributed by atoms with Crippen LogP contribution in [-0.4, -0.2) is 11.0 Å². The molecule has 0 aliphatic heterocycles. The third-order valence-electron chi connectivity index (χ3n) is 2.29. The topological polar surface area (TPSA) is 39.2 Å². The normalized spacial score (nSPS) is 10.3. The van der Waals surface area contributed by atoms with Crippen LogP contribution < -0.4 is 0 Å². The fourth-order valence-corrected chi connectivity index (χ4v) is 2.07. The van der Waals surface area contributed by atoms with E-state index in [2.05, 4.69) is 20.9 Å².